The van der Waals surface area contributed by atoms with E-state index in [1.165, 1.54) is 0 Å². The van der Waals surface area contributed by atoms with Crippen LogP contribution in [0.1, 0.15) is 11.1 Å². The molecular weight excluding hydrogens is 396 g/mol. The second-order valence-electron chi connectivity index (χ2n) is 7.27. The number of nitrogens with zero attached hydrogens (tertiary/aromatic N) is 3. The Labute approximate surface area is 178 Å². The lowest BCUT2D eigenvalue weighted by Gasteiger charge is -2.08. The zero-order valence-electron chi connectivity index (χ0n) is 16.9. The van der Waals surface area contributed by atoms with Gasteiger partial charge in [0.05, 0.1) is 0 Å². The predicted octanol–water partition coefficient (Wildman–Crippen LogP) is 3.56. The molecular formula is C23H20N4O4. The first-order valence-electron chi connectivity index (χ1n) is 9.87. The fraction of sp³-hybridized carbons (Fsp3) is 0.174. The highest BCUT2D eigenvalue weighted by atomic mass is 16.7. The normalized spacial score (nSPS) is 12.2. The monoisotopic (exact) mass is 416 g/mol. The van der Waals surface area contributed by atoms with Crippen molar-refractivity contribution in [3.05, 3.63) is 71.9 Å². The van der Waals surface area contributed by atoms with Crippen LogP contribution in [-0.2, 0) is 17.9 Å². The summed E-state index contributed by atoms with van der Waals surface area (Å²) >= 11 is 0. The van der Waals surface area contributed by atoms with E-state index in [1.807, 2.05) is 67.7 Å². The Morgan fingerprint density at radius 2 is 1.94 bits per heavy atom. The number of hydrogen-bond acceptors (Lipinski definition) is 6. The first kappa shape index (κ1) is 18.9. The minimum atomic E-state index is -0.131. The van der Waals surface area contributed by atoms with E-state index in [0.29, 0.717) is 29.7 Å². The maximum atomic E-state index is 12.5. The number of aryl methyl sites for hydroxylation is 1. The lowest BCUT2D eigenvalue weighted by atomic mass is 10.1. The van der Waals surface area contributed by atoms with Crippen molar-refractivity contribution in [2.45, 2.75) is 20.0 Å². The van der Waals surface area contributed by atoms with Gasteiger partial charge in [0.1, 0.15) is 12.2 Å². The van der Waals surface area contributed by atoms with E-state index < -0.39 is 0 Å². The molecule has 8 nitrogen and oxygen atoms in total. The molecule has 156 valence electrons. The molecule has 0 saturated carbocycles. The topological polar surface area (TPSA) is 91.4 Å². The second-order valence-corrected chi connectivity index (χ2v) is 7.27. The van der Waals surface area contributed by atoms with Crippen molar-refractivity contribution in [2.75, 3.05) is 6.79 Å². The molecule has 1 aliphatic rings. The van der Waals surface area contributed by atoms with Crippen molar-refractivity contribution in [1.29, 1.82) is 0 Å². The molecule has 1 amide bonds. The third-order valence-electron chi connectivity index (χ3n) is 5.03. The van der Waals surface area contributed by atoms with Crippen LogP contribution in [0, 0.1) is 6.92 Å². The van der Waals surface area contributed by atoms with Gasteiger partial charge < -0.3 is 23.9 Å². The van der Waals surface area contributed by atoms with Crippen molar-refractivity contribution in [3.63, 3.8) is 0 Å². The van der Waals surface area contributed by atoms with E-state index in [2.05, 4.69) is 15.5 Å². The van der Waals surface area contributed by atoms with Gasteiger partial charge in [-0.05, 0) is 36.8 Å². The van der Waals surface area contributed by atoms with E-state index in [-0.39, 0.29) is 19.2 Å². The van der Waals surface area contributed by atoms with Crippen molar-refractivity contribution >= 4 is 5.91 Å². The minimum absolute atomic E-state index is 0.131. The van der Waals surface area contributed by atoms with Crippen LogP contribution in [0.3, 0.4) is 0 Å². The van der Waals surface area contributed by atoms with Gasteiger partial charge in [0.25, 0.3) is 5.89 Å². The number of aromatic nitrogens is 3. The number of hydrogen-bond donors (Lipinski definition) is 1. The molecule has 31 heavy (non-hydrogen) atoms. The van der Waals surface area contributed by atoms with Crippen molar-refractivity contribution in [1.82, 2.24) is 20.0 Å². The Kier molecular flexibility index (Phi) is 4.87. The molecule has 1 aliphatic heterocycles. The molecule has 8 heteroatoms. The van der Waals surface area contributed by atoms with E-state index in [9.17, 15) is 4.79 Å². The second kappa shape index (κ2) is 7.98. The number of amides is 1. The standard InChI is InChI=1S/C23H20N4O4/c1-15-4-7-17(8-5-15)22-25-23(31-26-22)18-3-2-10-27(18)13-21(28)24-12-16-6-9-19-20(11-16)30-14-29-19/h2-11H,12-14H2,1H3,(H,24,28). The van der Waals surface area contributed by atoms with Crippen LogP contribution < -0.4 is 14.8 Å². The molecule has 1 N–H and O–H groups in total. The number of fused-ring (bicyclic) bond motifs is 1. The summed E-state index contributed by atoms with van der Waals surface area (Å²) in [5, 5.41) is 7.00. The van der Waals surface area contributed by atoms with Crippen molar-refractivity contribution in [2.24, 2.45) is 0 Å². The maximum absolute atomic E-state index is 12.5. The van der Waals surface area contributed by atoms with Gasteiger partial charge in [-0.3, -0.25) is 4.79 Å². The summed E-state index contributed by atoms with van der Waals surface area (Å²) in [5.41, 5.74) is 3.65. The zero-order valence-corrected chi connectivity index (χ0v) is 16.9. The third-order valence-corrected chi connectivity index (χ3v) is 5.03. The molecule has 5 rings (SSSR count). The number of ether oxygens (including phenoxy) is 2. The van der Waals surface area contributed by atoms with Gasteiger partial charge in [-0.15, -0.1) is 0 Å². The van der Waals surface area contributed by atoms with Crippen molar-refractivity contribution in [3.8, 4) is 34.5 Å². The van der Waals surface area contributed by atoms with Crippen LogP contribution in [0.4, 0.5) is 0 Å². The first-order valence-corrected chi connectivity index (χ1v) is 9.87. The van der Waals surface area contributed by atoms with Gasteiger partial charge in [-0.25, -0.2) is 0 Å². The molecule has 2 aromatic carbocycles. The molecule has 0 fully saturated rings. The van der Waals surface area contributed by atoms with Gasteiger partial charge in [0.15, 0.2) is 11.5 Å². The molecule has 0 atom stereocenters. The van der Waals surface area contributed by atoms with Gasteiger partial charge >= 0.3 is 0 Å². The summed E-state index contributed by atoms with van der Waals surface area (Å²) in [6, 6.07) is 17.2. The average molecular weight is 416 g/mol. The Balaban J connectivity index is 1.25. The zero-order chi connectivity index (χ0) is 21.2. The van der Waals surface area contributed by atoms with E-state index in [1.54, 1.807) is 4.57 Å². The lowest BCUT2D eigenvalue weighted by Crippen LogP contribution is -2.27. The molecule has 3 heterocycles. The summed E-state index contributed by atoms with van der Waals surface area (Å²) in [6.45, 7) is 2.78. The van der Waals surface area contributed by atoms with Gasteiger partial charge in [-0.2, -0.15) is 4.98 Å². The quantitative estimate of drug-likeness (QED) is 0.517. The largest absolute Gasteiger partial charge is 0.454 e. The van der Waals surface area contributed by atoms with Crippen LogP contribution in [-0.4, -0.2) is 27.4 Å². The van der Waals surface area contributed by atoms with E-state index in [0.717, 1.165) is 22.4 Å². The molecule has 0 unspecified atom stereocenters. The third kappa shape index (κ3) is 4.00. The van der Waals surface area contributed by atoms with Gasteiger partial charge in [-0.1, -0.05) is 41.1 Å². The number of rotatable bonds is 6. The molecule has 2 aromatic heterocycles. The van der Waals surface area contributed by atoms with Gasteiger partial charge in [0.2, 0.25) is 18.5 Å². The fourth-order valence-electron chi connectivity index (χ4n) is 3.36. The smallest absolute Gasteiger partial charge is 0.274 e. The highest BCUT2D eigenvalue weighted by Crippen LogP contribution is 2.32. The molecule has 0 aliphatic carbocycles. The highest BCUT2D eigenvalue weighted by Gasteiger charge is 2.16. The highest BCUT2D eigenvalue weighted by molar-refractivity contribution is 5.76. The van der Waals surface area contributed by atoms with Crippen molar-refractivity contribution < 1.29 is 18.8 Å². The summed E-state index contributed by atoms with van der Waals surface area (Å²) in [7, 11) is 0. The van der Waals surface area contributed by atoms with Gasteiger partial charge in [0, 0.05) is 18.3 Å². The summed E-state index contributed by atoms with van der Waals surface area (Å²) in [4.78, 5) is 17.0. The Hall–Kier alpha value is -4.07. The maximum Gasteiger partial charge on any atom is 0.274 e. The SMILES string of the molecule is Cc1ccc(-c2noc(-c3cccn3CC(=O)NCc3ccc4c(c3)OCO4)n2)cc1. The predicted molar refractivity (Wildman–Crippen MR) is 112 cm³/mol. The first-order chi connectivity index (χ1) is 15.2. The molecule has 0 bridgehead atoms. The Bertz CT molecular complexity index is 1230. The summed E-state index contributed by atoms with van der Waals surface area (Å²) < 4.78 is 17.9. The van der Waals surface area contributed by atoms with E-state index >= 15 is 0 Å². The number of carbonyl (C=O) groups excluding carboxylic acids is 1. The Morgan fingerprint density at radius 3 is 2.81 bits per heavy atom. The van der Waals surface area contributed by atoms with Crippen LogP contribution in [0.5, 0.6) is 11.5 Å². The summed E-state index contributed by atoms with van der Waals surface area (Å²) in [6.07, 6.45) is 1.81. The molecule has 0 spiro atoms. The molecule has 0 saturated heterocycles. The van der Waals surface area contributed by atoms with Crippen LogP contribution in [0.2, 0.25) is 0 Å². The number of carbonyl (C=O) groups is 1. The average Bonchev–Trinajstić information content (AvgIpc) is 3.53. The fourth-order valence-corrected chi connectivity index (χ4v) is 3.36. The molecule has 4 aromatic rings. The van der Waals surface area contributed by atoms with Crippen LogP contribution >= 0.6 is 0 Å². The number of nitrogens with one attached hydrogen (secondary N) is 1. The minimum Gasteiger partial charge on any atom is -0.454 e. The summed E-state index contributed by atoms with van der Waals surface area (Å²) in [5.74, 6) is 2.16. The molecule has 0 radical (unpaired) electrons. The van der Waals surface area contributed by atoms with Crippen LogP contribution in [0.25, 0.3) is 23.0 Å². The van der Waals surface area contributed by atoms with E-state index in [4.69, 9.17) is 14.0 Å². The number of benzene rings is 2. The lowest BCUT2D eigenvalue weighted by molar-refractivity contribution is -0.121. The Morgan fingerprint density at radius 1 is 1.10 bits per heavy atom. The van der Waals surface area contributed by atoms with Crippen LogP contribution in [0.15, 0.2) is 65.3 Å².